The number of hydrogen-bond acceptors (Lipinski definition) is 4. The normalized spacial score (nSPS) is 10.2. The summed E-state index contributed by atoms with van der Waals surface area (Å²) in [5.41, 5.74) is 1.04. The second-order valence-electron chi connectivity index (χ2n) is 3.04. The van der Waals surface area contributed by atoms with Crippen molar-refractivity contribution in [3.05, 3.63) is 35.9 Å². The molecular formula is C9H8N4O2. The van der Waals surface area contributed by atoms with E-state index in [0.29, 0.717) is 5.95 Å². The molecule has 0 atom stereocenters. The molecule has 0 aliphatic rings. The van der Waals surface area contributed by atoms with E-state index in [-0.39, 0.29) is 5.56 Å². The predicted octanol–water partition coefficient (Wildman–Crippen LogP) is 0.669. The zero-order valence-electron chi connectivity index (χ0n) is 7.95. The number of aromatic carboxylic acids is 1. The molecule has 0 spiro atoms. The van der Waals surface area contributed by atoms with Gasteiger partial charge in [-0.3, -0.25) is 0 Å². The molecule has 0 aromatic carbocycles. The molecule has 2 aromatic rings. The van der Waals surface area contributed by atoms with Crippen LogP contribution in [-0.2, 0) is 0 Å². The monoisotopic (exact) mass is 204 g/mol. The fraction of sp³-hybridized carbons (Fsp3) is 0.111. The van der Waals surface area contributed by atoms with Crippen LogP contribution in [-0.4, -0.2) is 30.8 Å². The van der Waals surface area contributed by atoms with Crippen molar-refractivity contribution in [1.29, 1.82) is 0 Å². The molecular weight excluding hydrogens is 196 g/mol. The Morgan fingerprint density at radius 2 is 2.00 bits per heavy atom. The van der Waals surface area contributed by atoms with Gasteiger partial charge in [-0.25, -0.2) is 19.4 Å². The van der Waals surface area contributed by atoms with Gasteiger partial charge in [-0.05, 0) is 12.5 Å². The topological polar surface area (TPSA) is 80.9 Å². The lowest BCUT2D eigenvalue weighted by Crippen LogP contribution is -2.04. The lowest BCUT2D eigenvalue weighted by molar-refractivity contribution is 0.0696. The van der Waals surface area contributed by atoms with Crippen LogP contribution in [0.3, 0.4) is 0 Å². The molecule has 0 unspecified atom stereocenters. The molecule has 0 aliphatic carbocycles. The highest BCUT2D eigenvalue weighted by Crippen LogP contribution is 2.02. The second-order valence-corrected chi connectivity index (χ2v) is 3.04. The lowest BCUT2D eigenvalue weighted by Gasteiger charge is -1.98. The first-order valence-corrected chi connectivity index (χ1v) is 4.24. The van der Waals surface area contributed by atoms with Crippen LogP contribution in [0.25, 0.3) is 5.95 Å². The Kier molecular flexibility index (Phi) is 2.17. The van der Waals surface area contributed by atoms with E-state index in [1.165, 1.54) is 17.1 Å². The van der Waals surface area contributed by atoms with Gasteiger partial charge >= 0.3 is 5.97 Å². The summed E-state index contributed by atoms with van der Waals surface area (Å²) in [6, 6.07) is 0. The van der Waals surface area contributed by atoms with Crippen LogP contribution >= 0.6 is 0 Å². The molecule has 2 heterocycles. The molecule has 2 aromatic heterocycles. The number of aromatic nitrogens is 4. The van der Waals surface area contributed by atoms with Crippen LogP contribution in [0.2, 0.25) is 0 Å². The molecule has 0 radical (unpaired) electrons. The number of aryl methyl sites for hydroxylation is 1. The van der Waals surface area contributed by atoms with Crippen molar-refractivity contribution >= 4 is 5.97 Å². The minimum absolute atomic E-state index is 0.0580. The third-order valence-electron chi connectivity index (χ3n) is 1.80. The van der Waals surface area contributed by atoms with Gasteiger partial charge in [0, 0.05) is 18.6 Å². The highest BCUT2D eigenvalue weighted by molar-refractivity contribution is 5.86. The number of rotatable bonds is 2. The van der Waals surface area contributed by atoms with E-state index in [2.05, 4.69) is 15.1 Å². The molecule has 0 fully saturated rings. The minimum atomic E-state index is -1.04. The van der Waals surface area contributed by atoms with Gasteiger partial charge in [0.2, 0.25) is 5.95 Å². The molecule has 6 heteroatoms. The number of nitrogens with zero attached hydrogens (tertiary/aromatic N) is 4. The average molecular weight is 204 g/mol. The first-order valence-electron chi connectivity index (χ1n) is 4.24. The molecule has 0 saturated heterocycles. The molecule has 0 bridgehead atoms. The number of carboxylic acids is 1. The molecule has 0 aliphatic heterocycles. The third kappa shape index (κ3) is 1.83. The molecule has 15 heavy (non-hydrogen) atoms. The number of carboxylic acid groups (broad SMARTS) is 1. The van der Waals surface area contributed by atoms with Crippen LogP contribution in [0, 0.1) is 6.92 Å². The smallest absolute Gasteiger partial charge is 0.338 e. The summed E-state index contributed by atoms with van der Waals surface area (Å²) in [5.74, 6) is -0.689. The Morgan fingerprint density at radius 3 is 2.47 bits per heavy atom. The maximum atomic E-state index is 10.6. The summed E-state index contributed by atoms with van der Waals surface area (Å²) in [5, 5.41) is 12.7. The third-order valence-corrected chi connectivity index (χ3v) is 1.80. The first-order chi connectivity index (χ1) is 7.16. The van der Waals surface area contributed by atoms with Crippen LogP contribution < -0.4 is 0 Å². The first kappa shape index (κ1) is 9.32. The summed E-state index contributed by atoms with van der Waals surface area (Å²) in [6.45, 7) is 1.90. The highest BCUT2D eigenvalue weighted by Gasteiger charge is 2.05. The van der Waals surface area contributed by atoms with Crippen molar-refractivity contribution in [2.45, 2.75) is 6.92 Å². The van der Waals surface area contributed by atoms with E-state index in [1.54, 1.807) is 12.4 Å². The Bertz CT molecular complexity index is 489. The van der Waals surface area contributed by atoms with Crippen molar-refractivity contribution in [3.8, 4) is 5.95 Å². The molecule has 0 saturated carbocycles. The van der Waals surface area contributed by atoms with Gasteiger partial charge in [-0.15, -0.1) is 0 Å². The van der Waals surface area contributed by atoms with Gasteiger partial charge < -0.3 is 5.11 Å². The lowest BCUT2D eigenvalue weighted by atomic mass is 10.3. The SMILES string of the molecule is Cc1cnn(-c2ncc(C(=O)O)cn2)c1. The standard InChI is InChI=1S/C9H8N4O2/c1-6-2-12-13(5-6)9-10-3-7(4-11-9)8(14)15/h2-5H,1H3,(H,14,15). The quantitative estimate of drug-likeness (QED) is 0.777. The van der Waals surface area contributed by atoms with E-state index in [4.69, 9.17) is 5.11 Å². The van der Waals surface area contributed by atoms with Crippen molar-refractivity contribution in [1.82, 2.24) is 19.7 Å². The second kappa shape index (κ2) is 3.49. The van der Waals surface area contributed by atoms with Crippen LogP contribution in [0.5, 0.6) is 0 Å². The number of carbonyl (C=O) groups is 1. The summed E-state index contributed by atoms with van der Waals surface area (Å²) in [6.07, 6.45) is 5.94. The summed E-state index contributed by atoms with van der Waals surface area (Å²) in [4.78, 5) is 18.3. The maximum Gasteiger partial charge on any atom is 0.338 e. The number of hydrogen-bond donors (Lipinski definition) is 1. The zero-order valence-corrected chi connectivity index (χ0v) is 7.95. The van der Waals surface area contributed by atoms with E-state index in [1.807, 2.05) is 6.92 Å². The van der Waals surface area contributed by atoms with E-state index in [0.717, 1.165) is 5.56 Å². The van der Waals surface area contributed by atoms with E-state index < -0.39 is 5.97 Å². The van der Waals surface area contributed by atoms with Gasteiger partial charge in [0.1, 0.15) is 0 Å². The minimum Gasteiger partial charge on any atom is -0.478 e. The molecule has 76 valence electrons. The Hall–Kier alpha value is -2.24. The average Bonchev–Trinajstić information content (AvgIpc) is 2.65. The fourth-order valence-corrected chi connectivity index (χ4v) is 1.07. The molecule has 1 N–H and O–H groups in total. The zero-order chi connectivity index (χ0) is 10.8. The van der Waals surface area contributed by atoms with Gasteiger partial charge in [0.25, 0.3) is 0 Å². The Labute approximate surface area is 85.2 Å². The van der Waals surface area contributed by atoms with Crippen molar-refractivity contribution in [3.63, 3.8) is 0 Å². The summed E-state index contributed by atoms with van der Waals surface area (Å²) in [7, 11) is 0. The highest BCUT2D eigenvalue weighted by atomic mass is 16.4. The molecule has 2 rings (SSSR count). The Morgan fingerprint density at radius 1 is 1.33 bits per heavy atom. The summed E-state index contributed by atoms with van der Waals surface area (Å²) < 4.78 is 1.49. The van der Waals surface area contributed by atoms with Gasteiger partial charge in [0.15, 0.2) is 0 Å². The van der Waals surface area contributed by atoms with Crippen molar-refractivity contribution in [2.24, 2.45) is 0 Å². The summed E-state index contributed by atoms with van der Waals surface area (Å²) >= 11 is 0. The van der Waals surface area contributed by atoms with Crippen molar-refractivity contribution in [2.75, 3.05) is 0 Å². The fourth-order valence-electron chi connectivity index (χ4n) is 1.07. The maximum absolute atomic E-state index is 10.6. The predicted molar refractivity (Wildman–Crippen MR) is 50.9 cm³/mol. The van der Waals surface area contributed by atoms with Crippen LogP contribution in [0.15, 0.2) is 24.8 Å². The van der Waals surface area contributed by atoms with Crippen LogP contribution in [0.1, 0.15) is 15.9 Å². The van der Waals surface area contributed by atoms with Gasteiger partial charge in [0.05, 0.1) is 11.8 Å². The van der Waals surface area contributed by atoms with E-state index >= 15 is 0 Å². The Balaban J connectivity index is 2.35. The molecule has 0 amide bonds. The van der Waals surface area contributed by atoms with Crippen molar-refractivity contribution < 1.29 is 9.90 Å². The van der Waals surface area contributed by atoms with Crippen LogP contribution in [0.4, 0.5) is 0 Å². The van der Waals surface area contributed by atoms with Gasteiger partial charge in [-0.2, -0.15) is 5.10 Å². The van der Waals surface area contributed by atoms with Gasteiger partial charge in [-0.1, -0.05) is 0 Å². The molecule has 6 nitrogen and oxygen atoms in total. The largest absolute Gasteiger partial charge is 0.478 e. The van der Waals surface area contributed by atoms with E-state index in [9.17, 15) is 4.79 Å².